The third kappa shape index (κ3) is 13.1. The molecule has 376 valence electrons. The highest BCUT2D eigenvalue weighted by molar-refractivity contribution is 9.10. The molecule has 0 spiro atoms. The van der Waals surface area contributed by atoms with Gasteiger partial charge in [-0.2, -0.15) is 0 Å². The highest BCUT2D eigenvalue weighted by Crippen LogP contribution is 2.37. The molecule has 5 N–H and O–H groups in total. The number of rotatable bonds is 20. The van der Waals surface area contributed by atoms with E-state index in [1.165, 1.54) is 19.5 Å². The summed E-state index contributed by atoms with van der Waals surface area (Å²) < 4.78 is 13.0. The number of anilines is 1. The van der Waals surface area contributed by atoms with E-state index in [4.69, 9.17) is 19.4 Å². The fourth-order valence-corrected chi connectivity index (χ4v) is 10.6. The highest BCUT2D eigenvalue weighted by Gasteiger charge is 2.45. The van der Waals surface area contributed by atoms with E-state index in [1.807, 2.05) is 49.4 Å². The largest absolute Gasteiger partial charge is 0.493 e. The van der Waals surface area contributed by atoms with Crippen LogP contribution in [0.2, 0.25) is 0 Å². The molecule has 2 aliphatic carbocycles. The lowest BCUT2D eigenvalue weighted by Crippen LogP contribution is -2.59. The molecule has 1 saturated heterocycles. The van der Waals surface area contributed by atoms with Crippen molar-refractivity contribution in [1.29, 1.82) is 0 Å². The van der Waals surface area contributed by atoms with Gasteiger partial charge < -0.3 is 40.7 Å². The van der Waals surface area contributed by atoms with Gasteiger partial charge in [-0.25, -0.2) is 14.8 Å². The zero-order valence-corrected chi connectivity index (χ0v) is 42.7. The number of unbranched alkanes of at least 4 members (excludes halogenated alkanes) is 3. The predicted molar refractivity (Wildman–Crippen MR) is 272 cm³/mol. The third-order valence-corrected chi connectivity index (χ3v) is 14.7. The van der Waals surface area contributed by atoms with Gasteiger partial charge in [-0.1, -0.05) is 84.4 Å². The van der Waals surface area contributed by atoms with Gasteiger partial charge in [0.15, 0.2) is 11.5 Å². The van der Waals surface area contributed by atoms with Crippen molar-refractivity contribution in [2.75, 3.05) is 32.6 Å². The van der Waals surface area contributed by atoms with Crippen molar-refractivity contribution in [3.63, 3.8) is 0 Å². The number of benzene rings is 3. The van der Waals surface area contributed by atoms with Crippen molar-refractivity contribution in [2.24, 2.45) is 5.92 Å². The molecule has 3 unspecified atom stereocenters. The van der Waals surface area contributed by atoms with Crippen LogP contribution in [0.15, 0.2) is 65.1 Å². The summed E-state index contributed by atoms with van der Waals surface area (Å²) in [5.74, 6) is 0.908. The molecule has 70 heavy (non-hydrogen) atoms. The maximum absolute atomic E-state index is 14.8. The minimum Gasteiger partial charge on any atom is -0.493 e. The van der Waals surface area contributed by atoms with E-state index < -0.39 is 36.2 Å². The van der Waals surface area contributed by atoms with Gasteiger partial charge in [0.1, 0.15) is 29.8 Å². The van der Waals surface area contributed by atoms with E-state index in [9.17, 15) is 29.1 Å². The third-order valence-electron chi connectivity index (χ3n) is 14.2. The number of halogens is 1. The summed E-state index contributed by atoms with van der Waals surface area (Å²) >= 11 is 3.56. The lowest BCUT2D eigenvalue weighted by molar-refractivity contribution is -0.143. The van der Waals surface area contributed by atoms with Crippen LogP contribution >= 0.6 is 15.9 Å². The first-order chi connectivity index (χ1) is 33.7. The number of aromatic nitrogens is 2. The number of likely N-dealkylation sites (tertiary alicyclic amines) is 1. The average molecular weight is 1030 g/mol. The first-order valence-corrected chi connectivity index (χ1v) is 25.7. The Bertz CT molecular complexity index is 2500. The number of nitrogens with zero attached hydrogens (tertiary/aromatic N) is 4. The molecule has 17 heteroatoms. The van der Waals surface area contributed by atoms with Crippen molar-refractivity contribution in [1.82, 2.24) is 35.7 Å². The summed E-state index contributed by atoms with van der Waals surface area (Å²) in [6.07, 6.45) is 9.16. The van der Waals surface area contributed by atoms with Gasteiger partial charge in [0, 0.05) is 42.0 Å². The minimum absolute atomic E-state index is 0.0132. The molecule has 5 amide bonds. The quantitative estimate of drug-likeness (QED) is 0.0531. The Kier molecular flexibility index (Phi) is 18.0. The first-order valence-electron chi connectivity index (χ1n) is 25.0. The van der Waals surface area contributed by atoms with E-state index in [-0.39, 0.29) is 55.1 Å². The van der Waals surface area contributed by atoms with Crippen LogP contribution in [-0.2, 0) is 25.6 Å². The Balaban J connectivity index is 0.946. The van der Waals surface area contributed by atoms with Crippen molar-refractivity contribution < 1.29 is 38.6 Å². The maximum atomic E-state index is 14.8. The zero-order chi connectivity index (χ0) is 49.9. The number of likely N-dealkylation sites (N-methyl/N-ethyl adjacent to an activating group) is 1. The molecule has 1 saturated carbocycles. The van der Waals surface area contributed by atoms with Gasteiger partial charge in [-0.05, 0) is 113 Å². The number of amides is 5. The Morgan fingerprint density at radius 1 is 0.900 bits per heavy atom. The number of hydrogen-bond donors (Lipinski definition) is 5. The van der Waals surface area contributed by atoms with Crippen LogP contribution in [0.5, 0.6) is 11.5 Å². The molecule has 2 heterocycles. The molecule has 0 bridgehead atoms. The number of carbonyl (C=O) groups is 5. The molecule has 3 aliphatic rings. The molecule has 4 aromatic rings. The predicted octanol–water partition coefficient (Wildman–Crippen LogP) is 8.55. The minimum atomic E-state index is -1.26. The van der Waals surface area contributed by atoms with Crippen LogP contribution in [-0.4, -0.2) is 106 Å². The summed E-state index contributed by atoms with van der Waals surface area (Å²) in [6.45, 7) is 5.99. The normalized spacial score (nSPS) is 19.3. The second kappa shape index (κ2) is 24.2. The Hall–Kier alpha value is -5.97. The lowest BCUT2D eigenvalue weighted by atomic mass is 9.83. The summed E-state index contributed by atoms with van der Waals surface area (Å²) in [6, 6.07) is 16.5. The number of nitrogens with one attached hydrogen (secondary N) is 4. The molecule has 1 aromatic heterocycles. The van der Waals surface area contributed by atoms with Crippen LogP contribution < -0.4 is 30.7 Å². The summed E-state index contributed by atoms with van der Waals surface area (Å²) in [5.41, 5.74) is 4.11. The zero-order valence-electron chi connectivity index (χ0n) is 41.1. The topological polar surface area (TPSA) is 204 Å². The maximum Gasteiger partial charge on any atom is 0.407 e. The van der Waals surface area contributed by atoms with Crippen molar-refractivity contribution in [3.05, 3.63) is 87.7 Å². The van der Waals surface area contributed by atoms with Crippen LogP contribution in [0.25, 0.3) is 10.9 Å². The number of aryl methyl sites for hydroxylation is 2. The van der Waals surface area contributed by atoms with E-state index in [2.05, 4.69) is 62.3 Å². The summed E-state index contributed by atoms with van der Waals surface area (Å²) in [7, 11) is 2.93. The van der Waals surface area contributed by atoms with Crippen molar-refractivity contribution in [3.8, 4) is 11.5 Å². The van der Waals surface area contributed by atoms with Gasteiger partial charge in [0.25, 0.3) is 0 Å². The summed E-state index contributed by atoms with van der Waals surface area (Å²) in [4.78, 5) is 79.8. The van der Waals surface area contributed by atoms with E-state index >= 15 is 0 Å². The molecule has 1 aliphatic heterocycles. The highest BCUT2D eigenvalue weighted by atomic mass is 79.9. The number of fused-ring (bicyclic) bond motifs is 2. The van der Waals surface area contributed by atoms with Crippen LogP contribution in [0.1, 0.15) is 132 Å². The van der Waals surface area contributed by atoms with Gasteiger partial charge in [0.2, 0.25) is 23.6 Å². The summed E-state index contributed by atoms with van der Waals surface area (Å²) in [5, 5.41) is 23.2. The molecular weight excluding hydrogens is 957 g/mol. The molecule has 16 nitrogen and oxygen atoms in total. The Morgan fingerprint density at radius 2 is 1.67 bits per heavy atom. The number of ether oxygens (including phenoxy) is 2. The Morgan fingerprint density at radius 3 is 2.43 bits per heavy atom. The molecule has 6 atom stereocenters. The average Bonchev–Trinajstić information content (AvgIpc) is 3.78. The van der Waals surface area contributed by atoms with Crippen LogP contribution in [0.3, 0.4) is 0 Å². The van der Waals surface area contributed by atoms with Gasteiger partial charge in [-0.3, -0.25) is 24.1 Å². The SMILES string of the molecule is COc1cc2c(NC(C)c3cccc(Br)c3)nc(C)nc2cc1OCCCCCCC(=O)N[C@H]1C[C@@H](C(=O)N[C@@H]2CCCc3ccccc32)N(C(=O)C(NC(=O)C(C)N(C)C(=O)O)C2CCCCC2)C1. The number of methoxy groups -OCH3 is 1. The number of carbonyl (C=O) groups excluding carboxylic acids is 4. The smallest absolute Gasteiger partial charge is 0.407 e. The number of carboxylic acid groups (broad SMARTS) is 1. The number of hydrogen-bond acceptors (Lipinski definition) is 10. The van der Waals surface area contributed by atoms with E-state index in [0.29, 0.717) is 36.2 Å². The lowest BCUT2D eigenvalue weighted by Gasteiger charge is -2.36. The van der Waals surface area contributed by atoms with Gasteiger partial charge in [0.05, 0.1) is 31.3 Å². The Labute approximate surface area is 419 Å². The van der Waals surface area contributed by atoms with E-state index in [0.717, 1.165) is 102 Å². The van der Waals surface area contributed by atoms with Crippen LogP contribution in [0, 0.1) is 12.8 Å². The monoisotopic (exact) mass is 1020 g/mol. The van der Waals surface area contributed by atoms with Crippen LogP contribution in [0.4, 0.5) is 10.6 Å². The molecular formula is C53H69BrN8O8. The second-order valence-corrected chi connectivity index (χ2v) is 20.1. The second-order valence-electron chi connectivity index (χ2n) is 19.2. The van der Waals surface area contributed by atoms with Crippen molar-refractivity contribution >= 4 is 62.4 Å². The fourth-order valence-electron chi connectivity index (χ4n) is 10.2. The molecule has 0 radical (unpaired) electrons. The first kappa shape index (κ1) is 51.9. The molecule has 7 rings (SSSR count). The van der Waals surface area contributed by atoms with Gasteiger partial charge >= 0.3 is 6.09 Å². The van der Waals surface area contributed by atoms with E-state index in [1.54, 1.807) is 12.0 Å². The molecule has 3 aromatic carbocycles. The van der Waals surface area contributed by atoms with Gasteiger partial charge in [-0.15, -0.1) is 0 Å². The van der Waals surface area contributed by atoms with Crippen molar-refractivity contribution in [2.45, 2.75) is 147 Å². The standard InChI is InChI=1S/C53H69BrN8O8/c1-32(37-21-15-22-38(54)27-37)55-49-41-29-45(69-5)46(30-43(41)56-34(3)57-49)70-26-14-7-6-11-25-47(63)58-39-28-44(51(65)59-42-24-16-20-35-17-12-13-23-40(35)42)62(31-39)52(66)48(36-18-9-8-10-19-36)60-50(64)33(2)61(4)53(67)68/h12-13,15,17,21-23,27,29-30,32-33,36,39,42,44,48H,6-11,14,16,18-20,24-26,28,31H2,1-5H3,(H,58,63)(H,59,65)(H,60,64)(H,67,68)(H,55,56,57)/t32?,33?,39-,42+,44-,48?/m0/s1. The fraction of sp³-hybridized carbons (Fsp3) is 0.528. The molecule has 2 fully saturated rings.